The van der Waals surface area contributed by atoms with Crippen molar-refractivity contribution >= 4 is 35.0 Å². The minimum atomic E-state index is -0.582. The van der Waals surface area contributed by atoms with Crippen LogP contribution in [0.1, 0.15) is 5.56 Å². The third-order valence-corrected chi connectivity index (χ3v) is 4.55. The van der Waals surface area contributed by atoms with Crippen LogP contribution in [0, 0.1) is 6.92 Å². The number of rotatable bonds is 5. The zero-order chi connectivity index (χ0) is 17.8. The largest absolute Gasteiger partial charge is 0.538 e. The van der Waals surface area contributed by atoms with Crippen molar-refractivity contribution in [3.8, 4) is 11.6 Å². The van der Waals surface area contributed by atoms with E-state index in [1.165, 1.54) is 4.68 Å². The first-order valence-electron chi connectivity index (χ1n) is 7.37. The Labute approximate surface area is 153 Å². The number of nitrogens with zero attached hydrogens (tertiary/aromatic N) is 2. The SMILES string of the molecule is Cc1ccc(-[n+]2noc([O-])c2SCC(=O)Nc2cccc(Cl)c2)cc1. The Morgan fingerprint density at radius 3 is 2.80 bits per heavy atom. The van der Waals surface area contributed by atoms with Crippen LogP contribution in [0.4, 0.5) is 5.69 Å². The summed E-state index contributed by atoms with van der Waals surface area (Å²) in [6.45, 7) is 1.96. The minimum absolute atomic E-state index is 0.0365. The van der Waals surface area contributed by atoms with Crippen LogP contribution in [0.2, 0.25) is 5.02 Å². The molecular formula is C17H14ClN3O3S. The lowest BCUT2D eigenvalue weighted by Gasteiger charge is -2.04. The molecule has 3 rings (SSSR count). The summed E-state index contributed by atoms with van der Waals surface area (Å²) in [5.41, 5.74) is 2.37. The van der Waals surface area contributed by atoms with Gasteiger partial charge >= 0.3 is 0 Å². The molecule has 0 unspecified atom stereocenters. The Morgan fingerprint density at radius 2 is 2.08 bits per heavy atom. The molecule has 128 valence electrons. The molecule has 0 radical (unpaired) electrons. The van der Waals surface area contributed by atoms with Crippen molar-refractivity contribution in [3.05, 3.63) is 59.1 Å². The van der Waals surface area contributed by atoms with E-state index in [1.54, 1.807) is 24.3 Å². The Bertz CT molecular complexity index is 896. The quantitative estimate of drug-likeness (QED) is 0.547. The summed E-state index contributed by atoms with van der Waals surface area (Å²) in [4.78, 5) is 12.1. The van der Waals surface area contributed by atoms with Gasteiger partial charge in [-0.25, -0.2) is 0 Å². The third kappa shape index (κ3) is 4.32. The highest BCUT2D eigenvalue weighted by Crippen LogP contribution is 2.23. The maximum atomic E-state index is 12.1. The first-order valence-corrected chi connectivity index (χ1v) is 8.73. The number of nitrogens with one attached hydrogen (secondary N) is 1. The number of halogens is 1. The predicted molar refractivity (Wildman–Crippen MR) is 93.0 cm³/mol. The average Bonchev–Trinajstić information content (AvgIpc) is 2.94. The first kappa shape index (κ1) is 17.3. The summed E-state index contributed by atoms with van der Waals surface area (Å²) < 4.78 is 6.12. The molecule has 1 aromatic heterocycles. The van der Waals surface area contributed by atoms with Gasteiger partial charge in [-0.15, -0.1) is 0 Å². The van der Waals surface area contributed by atoms with Crippen LogP contribution < -0.4 is 15.1 Å². The van der Waals surface area contributed by atoms with E-state index in [4.69, 9.17) is 16.1 Å². The van der Waals surface area contributed by atoms with Crippen LogP contribution in [0.3, 0.4) is 0 Å². The lowest BCUT2D eigenvalue weighted by molar-refractivity contribution is -0.705. The fourth-order valence-corrected chi connectivity index (χ4v) is 3.05. The monoisotopic (exact) mass is 375 g/mol. The molecule has 0 atom stereocenters. The lowest BCUT2D eigenvalue weighted by Crippen LogP contribution is -2.35. The second-order valence-corrected chi connectivity index (χ2v) is 6.66. The molecule has 6 nitrogen and oxygen atoms in total. The van der Waals surface area contributed by atoms with E-state index in [1.807, 2.05) is 31.2 Å². The fraction of sp³-hybridized carbons (Fsp3) is 0.118. The zero-order valence-electron chi connectivity index (χ0n) is 13.2. The second kappa shape index (κ2) is 7.58. The van der Waals surface area contributed by atoms with Gasteiger partial charge in [-0.3, -0.25) is 4.79 Å². The molecule has 0 spiro atoms. The van der Waals surface area contributed by atoms with Gasteiger partial charge in [-0.2, -0.15) is 0 Å². The number of carbonyl (C=O) groups excluding carboxylic acids is 1. The number of carbonyl (C=O) groups is 1. The molecule has 1 N–H and O–H groups in total. The normalized spacial score (nSPS) is 10.6. The molecule has 25 heavy (non-hydrogen) atoms. The topological polar surface area (TPSA) is 82.1 Å². The van der Waals surface area contributed by atoms with Crippen LogP contribution in [-0.2, 0) is 4.79 Å². The Kier molecular flexibility index (Phi) is 5.25. The number of anilines is 1. The maximum Gasteiger partial charge on any atom is 0.298 e. The molecule has 0 saturated heterocycles. The first-order chi connectivity index (χ1) is 12.0. The van der Waals surface area contributed by atoms with Crippen LogP contribution in [-0.4, -0.2) is 16.9 Å². The predicted octanol–water partition coefficient (Wildman–Crippen LogP) is 2.72. The molecular weight excluding hydrogens is 362 g/mol. The van der Waals surface area contributed by atoms with E-state index in [9.17, 15) is 9.90 Å². The second-order valence-electron chi connectivity index (χ2n) is 5.26. The summed E-state index contributed by atoms with van der Waals surface area (Å²) in [5.74, 6) is -0.807. The number of benzene rings is 2. The van der Waals surface area contributed by atoms with Crippen LogP contribution in [0.5, 0.6) is 5.95 Å². The maximum absolute atomic E-state index is 12.1. The third-order valence-electron chi connectivity index (χ3n) is 3.30. The van der Waals surface area contributed by atoms with Gasteiger partial charge < -0.3 is 14.9 Å². The van der Waals surface area contributed by atoms with E-state index in [0.29, 0.717) is 16.4 Å². The van der Waals surface area contributed by atoms with Gasteiger partial charge in [0.2, 0.25) is 11.6 Å². The molecule has 1 amide bonds. The number of amides is 1. The van der Waals surface area contributed by atoms with Gasteiger partial charge in [-0.1, -0.05) is 35.4 Å². The molecule has 0 fully saturated rings. The standard InChI is InChI=1S/C17H14ClN3O3S/c1-11-5-7-14(8-6-11)21-16(17(23)24-20-21)25-10-15(22)19-13-4-2-3-12(18)9-13/h2-9H,10H2,1H3,(H-,19,20,22,23). The highest BCUT2D eigenvalue weighted by Gasteiger charge is 2.22. The van der Waals surface area contributed by atoms with Gasteiger partial charge in [-0.05, 0) is 41.6 Å². The van der Waals surface area contributed by atoms with Crippen molar-refractivity contribution in [1.82, 2.24) is 5.27 Å². The molecule has 8 heteroatoms. The van der Waals surface area contributed by atoms with Crippen molar-refractivity contribution in [1.29, 1.82) is 0 Å². The zero-order valence-corrected chi connectivity index (χ0v) is 14.8. The fourth-order valence-electron chi connectivity index (χ4n) is 2.11. The Balaban J connectivity index is 1.70. The van der Waals surface area contributed by atoms with Gasteiger partial charge in [0, 0.05) is 22.8 Å². The smallest absolute Gasteiger partial charge is 0.298 e. The summed E-state index contributed by atoms with van der Waals surface area (Å²) >= 11 is 6.95. The van der Waals surface area contributed by atoms with Gasteiger partial charge in [0.1, 0.15) is 0 Å². The summed E-state index contributed by atoms with van der Waals surface area (Å²) in [6, 6.07) is 14.3. The van der Waals surface area contributed by atoms with E-state index in [-0.39, 0.29) is 16.7 Å². The lowest BCUT2D eigenvalue weighted by atomic mass is 10.2. The van der Waals surface area contributed by atoms with E-state index in [0.717, 1.165) is 17.3 Å². The molecule has 0 aliphatic carbocycles. The average molecular weight is 376 g/mol. The van der Waals surface area contributed by atoms with Gasteiger partial charge in [0.05, 0.1) is 11.0 Å². The highest BCUT2D eigenvalue weighted by atomic mass is 35.5. The molecule has 0 aliphatic rings. The summed E-state index contributed by atoms with van der Waals surface area (Å²) in [5, 5.41) is 19.1. The molecule has 3 aromatic rings. The summed E-state index contributed by atoms with van der Waals surface area (Å²) in [6.07, 6.45) is 0. The number of hydrogen-bond acceptors (Lipinski definition) is 5. The minimum Gasteiger partial charge on any atom is -0.538 e. The number of aromatic nitrogens is 2. The molecule has 1 heterocycles. The van der Waals surface area contributed by atoms with Gasteiger partial charge in [0.25, 0.3) is 5.03 Å². The number of hydrogen-bond donors (Lipinski definition) is 1. The molecule has 0 aliphatic heterocycles. The van der Waals surface area contributed by atoms with E-state index >= 15 is 0 Å². The van der Waals surface area contributed by atoms with Crippen molar-refractivity contribution in [2.45, 2.75) is 11.9 Å². The van der Waals surface area contributed by atoms with Crippen molar-refractivity contribution < 1.29 is 19.1 Å². The van der Waals surface area contributed by atoms with Crippen LogP contribution >= 0.6 is 23.4 Å². The van der Waals surface area contributed by atoms with Crippen molar-refractivity contribution in [2.75, 3.05) is 11.1 Å². The molecule has 0 saturated carbocycles. The van der Waals surface area contributed by atoms with Crippen molar-refractivity contribution in [2.24, 2.45) is 0 Å². The van der Waals surface area contributed by atoms with Crippen molar-refractivity contribution in [3.63, 3.8) is 0 Å². The molecule has 0 bridgehead atoms. The van der Waals surface area contributed by atoms with Crippen LogP contribution in [0.15, 0.2) is 58.1 Å². The summed E-state index contributed by atoms with van der Waals surface area (Å²) in [7, 11) is 0. The van der Waals surface area contributed by atoms with E-state index in [2.05, 4.69) is 10.6 Å². The Hall–Kier alpha value is -2.51. The Morgan fingerprint density at radius 1 is 1.32 bits per heavy atom. The molecule has 2 aromatic carbocycles. The van der Waals surface area contributed by atoms with E-state index < -0.39 is 5.95 Å². The van der Waals surface area contributed by atoms with Gasteiger partial charge in [0.15, 0.2) is 5.95 Å². The van der Waals surface area contributed by atoms with Crippen LogP contribution in [0.25, 0.3) is 5.69 Å². The number of aryl methyl sites for hydroxylation is 1. The highest BCUT2D eigenvalue weighted by molar-refractivity contribution is 7.99. The number of thioether (sulfide) groups is 1.